The van der Waals surface area contributed by atoms with Gasteiger partial charge in [-0.05, 0) is 19.1 Å². The fourth-order valence-electron chi connectivity index (χ4n) is 2.34. The van der Waals surface area contributed by atoms with Crippen LogP contribution in [0.4, 0.5) is 8.78 Å². The lowest BCUT2D eigenvalue weighted by Gasteiger charge is -2.10. The molecule has 0 amide bonds. The number of rotatable bonds is 3. The number of imidazole rings is 1. The van der Waals surface area contributed by atoms with Crippen molar-refractivity contribution in [3.63, 3.8) is 0 Å². The second-order valence-corrected chi connectivity index (χ2v) is 5.07. The van der Waals surface area contributed by atoms with E-state index in [1.54, 1.807) is 30.0 Å². The fourth-order valence-corrected chi connectivity index (χ4v) is 2.34. The Kier molecular flexibility index (Phi) is 3.55. The van der Waals surface area contributed by atoms with E-state index >= 15 is 0 Å². The first-order chi connectivity index (χ1) is 10.6. The van der Waals surface area contributed by atoms with Crippen molar-refractivity contribution in [2.24, 2.45) is 5.92 Å². The Morgan fingerprint density at radius 3 is 2.77 bits per heavy atom. The van der Waals surface area contributed by atoms with Crippen LogP contribution >= 0.6 is 0 Å². The van der Waals surface area contributed by atoms with Crippen LogP contribution in [0, 0.1) is 28.9 Å². The molecule has 0 bridgehead atoms. The number of aromatic nitrogens is 3. The first-order valence-corrected chi connectivity index (χ1v) is 6.75. The van der Waals surface area contributed by atoms with Gasteiger partial charge in [-0.15, -0.1) is 0 Å². The zero-order valence-electron chi connectivity index (χ0n) is 11.8. The molecule has 3 rings (SSSR count). The van der Waals surface area contributed by atoms with Crippen LogP contribution in [0.25, 0.3) is 22.4 Å². The van der Waals surface area contributed by atoms with Gasteiger partial charge in [0.1, 0.15) is 5.82 Å². The summed E-state index contributed by atoms with van der Waals surface area (Å²) in [6.07, 6.45) is 3.26. The Labute approximate surface area is 125 Å². The molecule has 1 atom stereocenters. The van der Waals surface area contributed by atoms with Crippen LogP contribution in [0.1, 0.15) is 6.92 Å². The van der Waals surface area contributed by atoms with Crippen molar-refractivity contribution in [2.45, 2.75) is 13.5 Å². The van der Waals surface area contributed by atoms with Crippen molar-refractivity contribution in [1.29, 1.82) is 5.26 Å². The van der Waals surface area contributed by atoms with Gasteiger partial charge in [-0.3, -0.25) is 4.98 Å². The molecule has 0 saturated heterocycles. The minimum absolute atomic E-state index is 0.291. The maximum Gasteiger partial charge on any atom is 0.161 e. The van der Waals surface area contributed by atoms with Gasteiger partial charge in [0.15, 0.2) is 11.6 Å². The summed E-state index contributed by atoms with van der Waals surface area (Å²) in [5.41, 5.74) is 1.53. The lowest BCUT2D eigenvalue weighted by molar-refractivity contribution is 0.509. The van der Waals surface area contributed by atoms with E-state index in [0.29, 0.717) is 23.4 Å². The van der Waals surface area contributed by atoms with Crippen molar-refractivity contribution < 1.29 is 8.78 Å². The molecule has 0 radical (unpaired) electrons. The molecule has 1 unspecified atom stereocenters. The van der Waals surface area contributed by atoms with Crippen LogP contribution < -0.4 is 0 Å². The van der Waals surface area contributed by atoms with Crippen LogP contribution in [0.5, 0.6) is 0 Å². The Balaban J connectivity index is 2.26. The van der Waals surface area contributed by atoms with Gasteiger partial charge in [0.05, 0.1) is 23.0 Å². The zero-order chi connectivity index (χ0) is 15.7. The van der Waals surface area contributed by atoms with E-state index in [0.717, 1.165) is 17.7 Å². The summed E-state index contributed by atoms with van der Waals surface area (Å²) >= 11 is 0. The highest BCUT2D eigenvalue weighted by molar-refractivity contribution is 5.80. The average molecular weight is 298 g/mol. The van der Waals surface area contributed by atoms with Crippen LogP contribution in [0.3, 0.4) is 0 Å². The minimum Gasteiger partial charge on any atom is -0.323 e. The van der Waals surface area contributed by atoms with Crippen molar-refractivity contribution in [3.05, 3.63) is 48.3 Å². The molecule has 3 aromatic rings. The molecule has 0 fully saturated rings. The molecule has 1 aromatic carbocycles. The van der Waals surface area contributed by atoms with E-state index < -0.39 is 11.6 Å². The number of pyridine rings is 1. The molecule has 0 saturated carbocycles. The van der Waals surface area contributed by atoms with Gasteiger partial charge in [0.25, 0.3) is 0 Å². The number of hydrogen-bond donors (Lipinski definition) is 0. The van der Waals surface area contributed by atoms with E-state index in [2.05, 4.69) is 16.0 Å². The van der Waals surface area contributed by atoms with Gasteiger partial charge in [-0.1, -0.05) is 0 Å². The zero-order valence-corrected chi connectivity index (χ0v) is 11.8. The second-order valence-electron chi connectivity index (χ2n) is 5.07. The quantitative estimate of drug-likeness (QED) is 0.743. The van der Waals surface area contributed by atoms with Gasteiger partial charge in [-0.2, -0.15) is 5.26 Å². The summed E-state index contributed by atoms with van der Waals surface area (Å²) in [6.45, 7) is 2.10. The molecule has 2 heterocycles. The summed E-state index contributed by atoms with van der Waals surface area (Å²) in [6, 6.07) is 7.89. The number of hydrogen-bond acceptors (Lipinski definition) is 3. The number of benzene rings is 1. The first-order valence-electron chi connectivity index (χ1n) is 6.75. The summed E-state index contributed by atoms with van der Waals surface area (Å²) in [5.74, 6) is -1.63. The number of halogens is 2. The number of fused-ring (bicyclic) bond motifs is 1. The summed E-state index contributed by atoms with van der Waals surface area (Å²) in [4.78, 5) is 8.42. The molecule has 2 aromatic heterocycles. The number of nitrogens with zero attached hydrogens (tertiary/aromatic N) is 4. The smallest absolute Gasteiger partial charge is 0.161 e. The van der Waals surface area contributed by atoms with Gasteiger partial charge in [-0.25, -0.2) is 13.8 Å². The van der Waals surface area contributed by atoms with Gasteiger partial charge >= 0.3 is 0 Å². The predicted molar refractivity (Wildman–Crippen MR) is 77.7 cm³/mol. The lowest BCUT2D eigenvalue weighted by atomic mass is 10.2. The highest BCUT2D eigenvalue weighted by Gasteiger charge is 2.17. The molecule has 0 N–H and O–H groups in total. The summed E-state index contributed by atoms with van der Waals surface area (Å²) in [7, 11) is 0. The van der Waals surface area contributed by atoms with Crippen LogP contribution in [-0.4, -0.2) is 14.5 Å². The van der Waals surface area contributed by atoms with Crippen molar-refractivity contribution in [2.75, 3.05) is 0 Å². The Morgan fingerprint density at radius 2 is 2.09 bits per heavy atom. The third kappa shape index (κ3) is 2.42. The van der Waals surface area contributed by atoms with Crippen LogP contribution in [0.2, 0.25) is 0 Å². The molecule has 0 aliphatic heterocycles. The summed E-state index contributed by atoms with van der Waals surface area (Å²) in [5, 5.41) is 9.04. The van der Waals surface area contributed by atoms with Gasteiger partial charge in [0, 0.05) is 36.6 Å². The molecular weight excluding hydrogens is 286 g/mol. The highest BCUT2D eigenvalue weighted by Crippen LogP contribution is 2.27. The van der Waals surface area contributed by atoms with Crippen molar-refractivity contribution >= 4 is 11.0 Å². The van der Waals surface area contributed by atoms with Crippen LogP contribution in [-0.2, 0) is 6.54 Å². The number of nitriles is 1. The van der Waals surface area contributed by atoms with Crippen molar-refractivity contribution in [1.82, 2.24) is 14.5 Å². The molecule has 0 aliphatic carbocycles. The molecular formula is C16H12F2N4. The maximum absolute atomic E-state index is 13.6. The van der Waals surface area contributed by atoms with E-state index in [4.69, 9.17) is 5.26 Å². The third-order valence-corrected chi connectivity index (χ3v) is 3.39. The van der Waals surface area contributed by atoms with E-state index in [1.807, 2.05) is 6.07 Å². The molecule has 0 aliphatic rings. The van der Waals surface area contributed by atoms with Gasteiger partial charge < -0.3 is 4.57 Å². The summed E-state index contributed by atoms with van der Waals surface area (Å²) < 4.78 is 28.7. The second kappa shape index (κ2) is 5.53. The minimum atomic E-state index is -0.941. The molecule has 0 spiro atoms. The largest absolute Gasteiger partial charge is 0.323 e. The predicted octanol–water partition coefficient (Wildman–Crippen LogP) is 3.54. The monoisotopic (exact) mass is 298 g/mol. The molecule has 22 heavy (non-hydrogen) atoms. The Hall–Kier alpha value is -2.81. The van der Waals surface area contributed by atoms with Gasteiger partial charge in [0.2, 0.25) is 0 Å². The van der Waals surface area contributed by atoms with E-state index in [-0.39, 0.29) is 5.92 Å². The lowest BCUT2D eigenvalue weighted by Crippen LogP contribution is -2.07. The van der Waals surface area contributed by atoms with Crippen molar-refractivity contribution in [3.8, 4) is 17.5 Å². The maximum atomic E-state index is 13.6. The standard InChI is InChI=1S/C16H12F2N4/c1-10(7-19)9-22-15-6-13(18)12(17)5-14(15)21-16(22)11-3-2-4-20-8-11/h2-6,8,10H,9H2,1H3. The Bertz CT molecular complexity index is 865. The third-order valence-electron chi connectivity index (χ3n) is 3.39. The Morgan fingerprint density at radius 1 is 1.32 bits per heavy atom. The van der Waals surface area contributed by atoms with E-state index in [1.165, 1.54) is 0 Å². The van der Waals surface area contributed by atoms with Crippen LogP contribution in [0.15, 0.2) is 36.7 Å². The molecule has 4 nitrogen and oxygen atoms in total. The molecule has 110 valence electrons. The normalized spacial score (nSPS) is 12.3. The van der Waals surface area contributed by atoms with E-state index in [9.17, 15) is 8.78 Å². The SMILES string of the molecule is CC(C#N)Cn1c(-c2cccnc2)nc2cc(F)c(F)cc21. The topological polar surface area (TPSA) is 54.5 Å². The fraction of sp³-hybridized carbons (Fsp3) is 0.188. The average Bonchev–Trinajstić information content (AvgIpc) is 2.86. The highest BCUT2D eigenvalue weighted by atomic mass is 19.2. The first kappa shape index (κ1) is 14.1. The molecule has 6 heteroatoms.